The Kier molecular flexibility index (Phi) is 4.43. The van der Waals surface area contributed by atoms with Crippen molar-refractivity contribution >= 4 is 28.8 Å². The van der Waals surface area contributed by atoms with Crippen molar-refractivity contribution < 1.29 is 9.72 Å². The highest BCUT2D eigenvalue weighted by molar-refractivity contribution is 5.82. The maximum atomic E-state index is 11.4. The molecule has 25 heavy (non-hydrogen) atoms. The minimum absolute atomic E-state index is 0.0419. The zero-order valence-corrected chi connectivity index (χ0v) is 13.1. The first-order valence-electron chi connectivity index (χ1n) is 7.50. The number of nitro groups is 1. The molecule has 1 fully saturated rings. The third-order valence-corrected chi connectivity index (χ3v) is 3.72. The van der Waals surface area contributed by atoms with E-state index in [1.54, 1.807) is 18.3 Å². The first-order chi connectivity index (χ1) is 12.1. The number of aromatic nitrogens is 1. The SMILES string of the molecule is N#Cc1cc([N+](=O)[O-])ccc1Nc1ccc(N2CCNC(=O)C2)nc1. The van der Waals surface area contributed by atoms with Gasteiger partial charge in [-0.3, -0.25) is 14.9 Å². The number of carbonyl (C=O) groups is 1. The zero-order chi connectivity index (χ0) is 17.8. The molecule has 1 amide bonds. The minimum Gasteiger partial charge on any atom is -0.353 e. The van der Waals surface area contributed by atoms with E-state index in [4.69, 9.17) is 5.26 Å². The summed E-state index contributed by atoms with van der Waals surface area (Å²) < 4.78 is 0. The van der Waals surface area contributed by atoms with Crippen LogP contribution < -0.4 is 15.5 Å². The third-order valence-electron chi connectivity index (χ3n) is 3.72. The van der Waals surface area contributed by atoms with Crippen molar-refractivity contribution in [2.75, 3.05) is 29.9 Å². The number of piperazine rings is 1. The van der Waals surface area contributed by atoms with Crippen molar-refractivity contribution in [1.82, 2.24) is 10.3 Å². The van der Waals surface area contributed by atoms with Crippen LogP contribution in [0.25, 0.3) is 0 Å². The van der Waals surface area contributed by atoms with Gasteiger partial charge in [0, 0.05) is 25.2 Å². The quantitative estimate of drug-likeness (QED) is 0.640. The number of nitriles is 1. The maximum absolute atomic E-state index is 11.4. The van der Waals surface area contributed by atoms with Gasteiger partial charge in [0.05, 0.1) is 34.6 Å². The Hall–Kier alpha value is -3.67. The van der Waals surface area contributed by atoms with Gasteiger partial charge in [-0.05, 0) is 18.2 Å². The molecule has 9 nitrogen and oxygen atoms in total. The molecule has 0 radical (unpaired) electrons. The Morgan fingerprint density at radius 3 is 2.84 bits per heavy atom. The van der Waals surface area contributed by atoms with Gasteiger partial charge >= 0.3 is 0 Å². The molecule has 2 aromatic rings. The van der Waals surface area contributed by atoms with E-state index in [-0.39, 0.29) is 23.7 Å². The number of anilines is 3. The lowest BCUT2D eigenvalue weighted by atomic mass is 10.1. The van der Waals surface area contributed by atoms with Gasteiger partial charge in [-0.15, -0.1) is 0 Å². The summed E-state index contributed by atoms with van der Waals surface area (Å²) in [4.78, 5) is 27.9. The number of rotatable bonds is 4. The van der Waals surface area contributed by atoms with Crippen LogP contribution in [0.15, 0.2) is 36.5 Å². The van der Waals surface area contributed by atoms with Crippen LogP contribution in [-0.4, -0.2) is 35.4 Å². The third kappa shape index (κ3) is 3.64. The Morgan fingerprint density at radius 1 is 1.36 bits per heavy atom. The van der Waals surface area contributed by atoms with Crippen LogP contribution in [0.2, 0.25) is 0 Å². The van der Waals surface area contributed by atoms with Crippen LogP contribution in [0, 0.1) is 21.4 Å². The number of amides is 1. The maximum Gasteiger partial charge on any atom is 0.270 e. The highest BCUT2D eigenvalue weighted by Gasteiger charge is 2.17. The predicted octanol–water partition coefficient (Wildman–Crippen LogP) is 1.54. The molecule has 1 aromatic carbocycles. The fourth-order valence-corrected chi connectivity index (χ4v) is 2.48. The van der Waals surface area contributed by atoms with Gasteiger partial charge in [0.25, 0.3) is 5.69 Å². The van der Waals surface area contributed by atoms with Crippen molar-refractivity contribution in [2.24, 2.45) is 0 Å². The number of hydrogen-bond acceptors (Lipinski definition) is 7. The molecular formula is C16H14N6O3. The average molecular weight is 338 g/mol. The molecule has 0 unspecified atom stereocenters. The Labute approximate surface area is 143 Å². The molecule has 2 N–H and O–H groups in total. The number of pyridine rings is 1. The predicted molar refractivity (Wildman–Crippen MR) is 90.6 cm³/mol. The van der Waals surface area contributed by atoms with Gasteiger partial charge in [-0.2, -0.15) is 5.26 Å². The monoisotopic (exact) mass is 338 g/mol. The summed E-state index contributed by atoms with van der Waals surface area (Å²) in [5.74, 6) is 0.643. The second kappa shape index (κ2) is 6.84. The molecular weight excluding hydrogens is 324 g/mol. The van der Waals surface area contributed by atoms with Crippen LogP contribution in [0.4, 0.5) is 22.9 Å². The summed E-state index contributed by atoms with van der Waals surface area (Å²) in [5, 5.41) is 25.7. The van der Waals surface area contributed by atoms with Crippen LogP contribution in [0.3, 0.4) is 0 Å². The molecule has 9 heteroatoms. The number of benzene rings is 1. The van der Waals surface area contributed by atoms with Gasteiger partial charge in [0.2, 0.25) is 5.91 Å². The van der Waals surface area contributed by atoms with E-state index in [1.165, 1.54) is 18.2 Å². The summed E-state index contributed by atoms with van der Waals surface area (Å²) in [6.07, 6.45) is 1.59. The second-order valence-corrected chi connectivity index (χ2v) is 5.40. The average Bonchev–Trinajstić information content (AvgIpc) is 2.62. The first-order valence-corrected chi connectivity index (χ1v) is 7.50. The zero-order valence-electron chi connectivity index (χ0n) is 13.1. The number of nitrogens with zero attached hydrogens (tertiary/aromatic N) is 4. The Balaban J connectivity index is 1.76. The normalized spacial score (nSPS) is 13.7. The molecule has 0 spiro atoms. The van der Waals surface area contributed by atoms with Gasteiger partial charge in [-0.25, -0.2) is 4.98 Å². The van der Waals surface area contributed by atoms with Crippen molar-refractivity contribution in [3.8, 4) is 6.07 Å². The van der Waals surface area contributed by atoms with E-state index >= 15 is 0 Å². The van der Waals surface area contributed by atoms with Crippen molar-refractivity contribution in [3.63, 3.8) is 0 Å². The number of nitrogens with one attached hydrogen (secondary N) is 2. The lowest BCUT2D eigenvalue weighted by Gasteiger charge is -2.27. The second-order valence-electron chi connectivity index (χ2n) is 5.40. The lowest BCUT2D eigenvalue weighted by molar-refractivity contribution is -0.384. The largest absolute Gasteiger partial charge is 0.353 e. The summed E-state index contributed by atoms with van der Waals surface area (Å²) in [6.45, 7) is 1.53. The number of non-ortho nitro benzene ring substituents is 1. The van der Waals surface area contributed by atoms with Gasteiger partial charge in [0.1, 0.15) is 11.9 Å². The van der Waals surface area contributed by atoms with E-state index in [9.17, 15) is 14.9 Å². The van der Waals surface area contributed by atoms with Crippen LogP contribution in [0.5, 0.6) is 0 Å². The summed E-state index contributed by atoms with van der Waals surface area (Å²) in [5.41, 5.74) is 1.13. The topological polar surface area (TPSA) is 124 Å². The lowest BCUT2D eigenvalue weighted by Crippen LogP contribution is -2.48. The summed E-state index contributed by atoms with van der Waals surface area (Å²) in [6, 6.07) is 9.53. The van der Waals surface area contributed by atoms with E-state index in [2.05, 4.69) is 15.6 Å². The molecule has 3 rings (SSSR count). The molecule has 2 heterocycles. The molecule has 0 saturated carbocycles. The summed E-state index contributed by atoms with van der Waals surface area (Å²) in [7, 11) is 0. The molecule has 0 aliphatic carbocycles. The fraction of sp³-hybridized carbons (Fsp3) is 0.188. The highest BCUT2D eigenvalue weighted by atomic mass is 16.6. The number of nitro benzene ring substituents is 1. The van der Waals surface area contributed by atoms with Gasteiger partial charge in [-0.1, -0.05) is 0 Å². The first kappa shape index (κ1) is 16.2. The molecule has 1 saturated heterocycles. The molecule has 126 valence electrons. The Morgan fingerprint density at radius 2 is 2.20 bits per heavy atom. The molecule has 1 aliphatic heterocycles. The van der Waals surface area contributed by atoms with Crippen LogP contribution in [0.1, 0.15) is 5.56 Å². The number of carbonyl (C=O) groups excluding carboxylic acids is 1. The summed E-state index contributed by atoms with van der Waals surface area (Å²) >= 11 is 0. The van der Waals surface area contributed by atoms with Crippen molar-refractivity contribution in [1.29, 1.82) is 5.26 Å². The van der Waals surface area contributed by atoms with Crippen molar-refractivity contribution in [2.45, 2.75) is 0 Å². The molecule has 1 aromatic heterocycles. The van der Waals surface area contributed by atoms with Crippen molar-refractivity contribution in [3.05, 3.63) is 52.2 Å². The van der Waals surface area contributed by atoms with Crippen LogP contribution in [-0.2, 0) is 4.79 Å². The van der Waals surface area contributed by atoms with Gasteiger partial charge in [0.15, 0.2) is 0 Å². The minimum atomic E-state index is -0.546. The molecule has 0 atom stereocenters. The smallest absolute Gasteiger partial charge is 0.270 e. The van der Waals surface area contributed by atoms with Crippen LogP contribution >= 0.6 is 0 Å². The van der Waals surface area contributed by atoms with E-state index in [0.717, 1.165) is 0 Å². The molecule has 0 bridgehead atoms. The van der Waals surface area contributed by atoms with E-state index in [1.807, 2.05) is 11.0 Å². The van der Waals surface area contributed by atoms with Gasteiger partial charge < -0.3 is 15.5 Å². The van der Waals surface area contributed by atoms with E-state index in [0.29, 0.717) is 30.3 Å². The Bertz CT molecular complexity index is 859. The van der Waals surface area contributed by atoms with E-state index < -0.39 is 4.92 Å². The number of hydrogen-bond donors (Lipinski definition) is 2. The fourth-order valence-electron chi connectivity index (χ4n) is 2.48. The molecule has 1 aliphatic rings. The highest BCUT2D eigenvalue weighted by Crippen LogP contribution is 2.25. The standard InChI is InChI=1S/C16H14N6O3/c17-8-11-7-13(22(24)25)2-3-14(11)20-12-1-4-15(19-9-12)21-6-5-18-16(23)10-21/h1-4,7,9,20H,5-6,10H2,(H,18,23).